The van der Waals surface area contributed by atoms with Crippen molar-refractivity contribution in [1.82, 2.24) is 0 Å². The molecule has 2 aromatic rings. The summed E-state index contributed by atoms with van der Waals surface area (Å²) in [6.45, 7) is 0. The first-order valence-corrected chi connectivity index (χ1v) is 5.77. The van der Waals surface area contributed by atoms with Gasteiger partial charge < -0.3 is 9.31 Å². The first-order valence-electron chi connectivity index (χ1n) is 5.02. The summed E-state index contributed by atoms with van der Waals surface area (Å²) >= 11 is 11.9. The van der Waals surface area contributed by atoms with E-state index in [2.05, 4.69) is 0 Å². The van der Waals surface area contributed by atoms with Gasteiger partial charge in [0.25, 0.3) is 0 Å². The van der Waals surface area contributed by atoms with Gasteiger partial charge in [-0.3, -0.25) is 0 Å². The van der Waals surface area contributed by atoms with Crippen molar-refractivity contribution in [1.29, 1.82) is 0 Å². The quantitative estimate of drug-likeness (QED) is 0.786. The lowest BCUT2D eigenvalue weighted by Crippen LogP contribution is -2.11. The van der Waals surface area contributed by atoms with Crippen molar-refractivity contribution in [2.45, 2.75) is 0 Å². The molecule has 0 aliphatic heterocycles. The van der Waals surface area contributed by atoms with Gasteiger partial charge in [0.05, 0.1) is 10.0 Å². The van der Waals surface area contributed by atoms with Crippen LogP contribution in [0, 0.1) is 0 Å². The topological polar surface area (TPSA) is 18.5 Å². The van der Waals surface area contributed by atoms with Crippen molar-refractivity contribution in [3.63, 3.8) is 0 Å². The van der Waals surface area contributed by atoms with E-state index in [0.29, 0.717) is 21.5 Å². The zero-order chi connectivity index (χ0) is 12.1. The number of benzene rings is 2. The molecule has 0 saturated carbocycles. The molecule has 5 heteroatoms. The highest BCUT2D eigenvalue weighted by Crippen LogP contribution is 2.25. The fourth-order valence-electron chi connectivity index (χ4n) is 1.28. The van der Waals surface area contributed by atoms with Gasteiger partial charge in [0.1, 0.15) is 11.5 Å². The van der Waals surface area contributed by atoms with Gasteiger partial charge in [0.15, 0.2) is 0 Å². The summed E-state index contributed by atoms with van der Waals surface area (Å²) < 4.78 is 10.8. The lowest BCUT2D eigenvalue weighted by atomic mass is 10.3. The van der Waals surface area contributed by atoms with Crippen molar-refractivity contribution >= 4 is 30.9 Å². The number of hydrogen-bond acceptors (Lipinski definition) is 2. The summed E-state index contributed by atoms with van der Waals surface area (Å²) in [6.07, 6.45) is 0. The average molecular weight is 267 g/mol. The zero-order valence-electron chi connectivity index (χ0n) is 8.90. The smallest absolute Gasteiger partial charge is 0.527 e. The average Bonchev–Trinajstić information content (AvgIpc) is 2.34. The van der Waals surface area contributed by atoms with E-state index in [1.807, 2.05) is 24.3 Å². The van der Waals surface area contributed by atoms with Crippen LogP contribution in [0.4, 0.5) is 0 Å². The van der Waals surface area contributed by atoms with Crippen LogP contribution >= 0.6 is 23.2 Å². The van der Waals surface area contributed by atoms with Gasteiger partial charge in [-0.2, -0.15) is 0 Å². The first kappa shape index (κ1) is 12.2. The standard InChI is InChI=1S/C12H9BCl2O2/c14-9-5-1-3-7-11(9)16-13-17-12-8-4-2-6-10(12)15/h1-8,13H. The summed E-state index contributed by atoms with van der Waals surface area (Å²) in [5.41, 5.74) is 0. The maximum atomic E-state index is 5.93. The van der Waals surface area contributed by atoms with E-state index < -0.39 is 0 Å². The highest BCUT2D eigenvalue weighted by Gasteiger charge is 2.04. The van der Waals surface area contributed by atoms with Crippen LogP contribution in [-0.4, -0.2) is 7.69 Å². The van der Waals surface area contributed by atoms with E-state index in [4.69, 9.17) is 32.5 Å². The summed E-state index contributed by atoms with van der Waals surface area (Å²) in [7, 11) is 0.0630. The number of halogens is 2. The summed E-state index contributed by atoms with van der Waals surface area (Å²) in [6, 6.07) is 14.4. The van der Waals surface area contributed by atoms with Gasteiger partial charge >= 0.3 is 7.69 Å². The highest BCUT2D eigenvalue weighted by atomic mass is 35.5. The molecule has 0 fully saturated rings. The fraction of sp³-hybridized carbons (Fsp3) is 0. The van der Waals surface area contributed by atoms with E-state index in [9.17, 15) is 0 Å². The van der Waals surface area contributed by atoms with E-state index in [-0.39, 0.29) is 7.69 Å². The molecule has 2 rings (SSSR count). The Hall–Kier alpha value is -1.32. The molecule has 0 amide bonds. The fourth-order valence-corrected chi connectivity index (χ4v) is 1.66. The summed E-state index contributed by atoms with van der Waals surface area (Å²) in [5, 5.41) is 1.10. The maximum Gasteiger partial charge on any atom is 0.576 e. The molecule has 0 aromatic heterocycles. The largest absolute Gasteiger partial charge is 0.576 e. The van der Waals surface area contributed by atoms with Crippen molar-refractivity contribution in [2.24, 2.45) is 0 Å². The van der Waals surface area contributed by atoms with Crippen molar-refractivity contribution in [3.05, 3.63) is 58.6 Å². The lowest BCUT2D eigenvalue weighted by Gasteiger charge is -2.09. The molecule has 2 nitrogen and oxygen atoms in total. The first-order chi connectivity index (χ1) is 8.27. The minimum atomic E-state index is 0.0630. The van der Waals surface area contributed by atoms with Gasteiger partial charge in [-0.1, -0.05) is 47.5 Å². The van der Waals surface area contributed by atoms with Crippen molar-refractivity contribution < 1.29 is 9.31 Å². The Labute approximate surface area is 110 Å². The van der Waals surface area contributed by atoms with Gasteiger partial charge in [-0.15, -0.1) is 0 Å². The van der Waals surface area contributed by atoms with Crippen LogP contribution in [0.15, 0.2) is 48.5 Å². The molecule has 0 heterocycles. The second-order valence-electron chi connectivity index (χ2n) is 3.27. The third-order valence-corrected chi connectivity index (χ3v) is 2.73. The number of rotatable bonds is 4. The summed E-state index contributed by atoms with van der Waals surface area (Å²) in [5.74, 6) is 1.17. The Morgan fingerprint density at radius 3 is 1.53 bits per heavy atom. The molecule has 0 spiro atoms. The predicted molar refractivity (Wildman–Crippen MR) is 71.3 cm³/mol. The number of hydrogen-bond donors (Lipinski definition) is 0. The van der Waals surface area contributed by atoms with Gasteiger partial charge in [0, 0.05) is 0 Å². The van der Waals surface area contributed by atoms with Crippen LogP contribution < -0.4 is 9.31 Å². The van der Waals surface area contributed by atoms with E-state index in [0.717, 1.165) is 0 Å². The summed E-state index contributed by atoms with van der Waals surface area (Å²) in [4.78, 5) is 0. The molecule has 17 heavy (non-hydrogen) atoms. The van der Waals surface area contributed by atoms with Crippen LogP contribution in [0.3, 0.4) is 0 Å². The number of para-hydroxylation sites is 2. The Balaban J connectivity index is 1.93. The Bertz CT molecular complexity index is 460. The molecule has 0 saturated heterocycles. The van der Waals surface area contributed by atoms with Crippen molar-refractivity contribution in [3.8, 4) is 11.5 Å². The van der Waals surface area contributed by atoms with E-state index >= 15 is 0 Å². The third-order valence-electron chi connectivity index (χ3n) is 2.10. The molecular formula is C12H9BCl2O2. The second kappa shape index (κ2) is 5.85. The molecule has 2 aromatic carbocycles. The third kappa shape index (κ3) is 3.32. The molecule has 0 radical (unpaired) electrons. The minimum absolute atomic E-state index is 0.0630. The second-order valence-corrected chi connectivity index (χ2v) is 4.08. The maximum absolute atomic E-state index is 5.93. The molecule has 0 N–H and O–H groups in total. The normalized spacial score (nSPS) is 9.76. The minimum Gasteiger partial charge on any atom is -0.527 e. The van der Waals surface area contributed by atoms with Gasteiger partial charge in [-0.05, 0) is 24.3 Å². The monoisotopic (exact) mass is 266 g/mol. The molecule has 86 valence electrons. The van der Waals surface area contributed by atoms with Crippen LogP contribution in [0.5, 0.6) is 11.5 Å². The van der Waals surface area contributed by atoms with Gasteiger partial charge in [-0.25, -0.2) is 0 Å². The predicted octanol–water partition coefficient (Wildman–Crippen LogP) is 3.72. The van der Waals surface area contributed by atoms with Crippen molar-refractivity contribution in [2.75, 3.05) is 0 Å². The SMILES string of the molecule is Clc1ccccc1OBOc1ccccc1Cl. The molecular weight excluding hydrogens is 258 g/mol. The van der Waals surface area contributed by atoms with Gasteiger partial charge in [0.2, 0.25) is 0 Å². The Kier molecular flexibility index (Phi) is 4.18. The molecule has 0 bridgehead atoms. The van der Waals surface area contributed by atoms with Crippen LogP contribution in [0.2, 0.25) is 10.0 Å². The lowest BCUT2D eigenvalue weighted by molar-refractivity contribution is 0.459. The Morgan fingerprint density at radius 2 is 1.12 bits per heavy atom. The molecule has 0 aliphatic rings. The van der Waals surface area contributed by atoms with Crippen LogP contribution in [-0.2, 0) is 0 Å². The molecule has 0 aliphatic carbocycles. The van der Waals surface area contributed by atoms with Crippen LogP contribution in [0.25, 0.3) is 0 Å². The highest BCUT2D eigenvalue weighted by molar-refractivity contribution is 6.33. The zero-order valence-corrected chi connectivity index (χ0v) is 10.4. The van der Waals surface area contributed by atoms with Crippen LogP contribution in [0.1, 0.15) is 0 Å². The van der Waals surface area contributed by atoms with E-state index in [1.165, 1.54) is 0 Å². The van der Waals surface area contributed by atoms with E-state index in [1.54, 1.807) is 24.3 Å². The molecule has 0 unspecified atom stereocenters. The Morgan fingerprint density at radius 1 is 0.706 bits per heavy atom. The molecule has 0 atom stereocenters.